The van der Waals surface area contributed by atoms with Gasteiger partial charge < -0.3 is 5.32 Å². The molecule has 0 amide bonds. The first-order chi connectivity index (χ1) is 9.60. The maximum absolute atomic E-state index is 13.3. The molecule has 0 aliphatic carbocycles. The van der Waals surface area contributed by atoms with Gasteiger partial charge >= 0.3 is 0 Å². The van der Waals surface area contributed by atoms with E-state index in [-0.39, 0.29) is 6.04 Å². The lowest BCUT2D eigenvalue weighted by Gasteiger charge is -2.20. The van der Waals surface area contributed by atoms with Gasteiger partial charge in [0.1, 0.15) is 11.6 Å². The van der Waals surface area contributed by atoms with Crippen molar-refractivity contribution in [1.82, 2.24) is 5.32 Å². The standard InChI is InChI=1S/C16H16ClF2N/c1-2-20-16(14-5-3-4-6-15(14)17)9-11-7-12(18)10-13(19)8-11/h3-8,10,16,20H,2,9H2,1H3. The summed E-state index contributed by atoms with van der Waals surface area (Å²) in [5, 5.41) is 3.95. The maximum Gasteiger partial charge on any atom is 0.126 e. The quantitative estimate of drug-likeness (QED) is 0.855. The Kier molecular flexibility index (Phi) is 5.10. The minimum absolute atomic E-state index is 0.0742. The number of likely N-dealkylation sites (N-methyl/N-ethyl adjacent to an activating group) is 1. The van der Waals surface area contributed by atoms with Gasteiger partial charge in [0.15, 0.2) is 0 Å². The summed E-state index contributed by atoms with van der Waals surface area (Å²) in [6.45, 7) is 2.73. The number of nitrogens with one attached hydrogen (secondary N) is 1. The summed E-state index contributed by atoms with van der Waals surface area (Å²) in [6, 6.07) is 11.0. The van der Waals surface area contributed by atoms with Crippen LogP contribution in [-0.4, -0.2) is 6.54 Å². The first-order valence-electron chi connectivity index (χ1n) is 6.53. The first-order valence-corrected chi connectivity index (χ1v) is 6.90. The molecule has 0 saturated carbocycles. The second kappa shape index (κ2) is 6.82. The van der Waals surface area contributed by atoms with Gasteiger partial charge in [-0.2, -0.15) is 0 Å². The molecule has 2 aromatic carbocycles. The van der Waals surface area contributed by atoms with E-state index < -0.39 is 11.6 Å². The summed E-state index contributed by atoms with van der Waals surface area (Å²) in [4.78, 5) is 0. The molecule has 0 aliphatic heterocycles. The van der Waals surface area contributed by atoms with Gasteiger partial charge in [0, 0.05) is 17.1 Å². The van der Waals surface area contributed by atoms with Crippen LogP contribution in [0.1, 0.15) is 24.1 Å². The fraction of sp³-hybridized carbons (Fsp3) is 0.250. The van der Waals surface area contributed by atoms with Crippen molar-refractivity contribution in [2.75, 3.05) is 6.54 Å². The van der Waals surface area contributed by atoms with Crippen molar-refractivity contribution in [2.45, 2.75) is 19.4 Å². The lowest BCUT2D eigenvalue weighted by Crippen LogP contribution is -2.23. The molecular formula is C16H16ClF2N. The van der Waals surface area contributed by atoms with Gasteiger partial charge in [-0.1, -0.05) is 36.7 Å². The molecule has 0 aliphatic rings. The minimum Gasteiger partial charge on any atom is -0.310 e. The average molecular weight is 296 g/mol. The largest absolute Gasteiger partial charge is 0.310 e. The predicted molar refractivity (Wildman–Crippen MR) is 77.9 cm³/mol. The van der Waals surface area contributed by atoms with Crippen molar-refractivity contribution in [3.63, 3.8) is 0 Å². The minimum atomic E-state index is -0.561. The van der Waals surface area contributed by atoms with Crippen LogP contribution in [0.5, 0.6) is 0 Å². The highest BCUT2D eigenvalue weighted by Crippen LogP contribution is 2.26. The van der Waals surface area contributed by atoms with Gasteiger partial charge in [0.25, 0.3) is 0 Å². The molecule has 0 aromatic heterocycles. The summed E-state index contributed by atoms with van der Waals surface area (Å²) in [5.74, 6) is -1.12. The molecule has 1 nitrogen and oxygen atoms in total. The van der Waals surface area contributed by atoms with Crippen LogP contribution in [-0.2, 0) is 6.42 Å². The second-order valence-electron chi connectivity index (χ2n) is 4.61. The normalized spacial score (nSPS) is 12.4. The Morgan fingerprint density at radius 1 is 1.10 bits per heavy atom. The average Bonchev–Trinajstić information content (AvgIpc) is 2.37. The molecule has 1 atom stereocenters. The van der Waals surface area contributed by atoms with Gasteiger partial charge in [-0.05, 0) is 42.3 Å². The van der Waals surface area contributed by atoms with E-state index in [0.29, 0.717) is 17.0 Å². The molecule has 0 radical (unpaired) electrons. The van der Waals surface area contributed by atoms with Crippen molar-refractivity contribution in [3.05, 3.63) is 70.2 Å². The van der Waals surface area contributed by atoms with E-state index in [2.05, 4.69) is 5.32 Å². The SMILES string of the molecule is CCNC(Cc1cc(F)cc(F)c1)c1ccccc1Cl. The van der Waals surface area contributed by atoms with Crippen LogP contribution in [0.3, 0.4) is 0 Å². The zero-order valence-corrected chi connectivity index (χ0v) is 11.9. The van der Waals surface area contributed by atoms with Crippen LogP contribution in [0.2, 0.25) is 5.02 Å². The Morgan fingerprint density at radius 2 is 1.75 bits per heavy atom. The van der Waals surface area contributed by atoms with Crippen molar-refractivity contribution in [1.29, 1.82) is 0 Å². The summed E-state index contributed by atoms with van der Waals surface area (Å²) in [6.07, 6.45) is 0.478. The molecule has 0 spiro atoms. The third kappa shape index (κ3) is 3.78. The topological polar surface area (TPSA) is 12.0 Å². The fourth-order valence-electron chi connectivity index (χ4n) is 2.26. The van der Waals surface area contributed by atoms with Gasteiger partial charge in [0.2, 0.25) is 0 Å². The van der Waals surface area contributed by atoms with Gasteiger partial charge in [0.05, 0.1) is 0 Å². The third-order valence-electron chi connectivity index (χ3n) is 3.09. The zero-order chi connectivity index (χ0) is 14.5. The zero-order valence-electron chi connectivity index (χ0n) is 11.2. The highest BCUT2D eigenvalue weighted by atomic mass is 35.5. The Hall–Kier alpha value is -1.45. The van der Waals surface area contributed by atoms with Crippen molar-refractivity contribution >= 4 is 11.6 Å². The van der Waals surface area contributed by atoms with Crippen LogP contribution >= 0.6 is 11.6 Å². The highest BCUT2D eigenvalue weighted by Gasteiger charge is 2.15. The van der Waals surface area contributed by atoms with E-state index in [0.717, 1.165) is 18.2 Å². The molecule has 0 saturated heterocycles. The number of hydrogen-bond acceptors (Lipinski definition) is 1. The number of halogens is 3. The molecule has 4 heteroatoms. The van der Waals surface area contributed by atoms with E-state index >= 15 is 0 Å². The molecular weight excluding hydrogens is 280 g/mol. The van der Waals surface area contributed by atoms with E-state index in [1.807, 2.05) is 31.2 Å². The lowest BCUT2D eigenvalue weighted by molar-refractivity contribution is 0.539. The summed E-state index contributed by atoms with van der Waals surface area (Å²) < 4.78 is 26.5. The molecule has 2 rings (SSSR count). The Morgan fingerprint density at radius 3 is 2.35 bits per heavy atom. The van der Waals surface area contributed by atoms with E-state index in [9.17, 15) is 8.78 Å². The summed E-state index contributed by atoms with van der Waals surface area (Å²) in [5.41, 5.74) is 1.54. The van der Waals surface area contributed by atoms with Crippen molar-refractivity contribution < 1.29 is 8.78 Å². The molecule has 1 N–H and O–H groups in total. The molecule has 106 valence electrons. The van der Waals surface area contributed by atoms with Crippen LogP contribution in [0.25, 0.3) is 0 Å². The van der Waals surface area contributed by atoms with Gasteiger partial charge in [-0.3, -0.25) is 0 Å². The Bertz CT molecular complexity index is 566. The molecule has 2 aromatic rings. The third-order valence-corrected chi connectivity index (χ3v) is 3.44. The van der Waals surface area contributed by atoms with Crippen LogP contribution in [0.4, 0.5) is 8.78 Å². The maximum atomic E-state index is 13.3. The second-order valence-corrected chi connectivity index (χ2v) is 5.02. The monoisotopic (exact) mass is 295 g/mol. The number of rotatable bonds is 5. The van der Waals surface area contributed by atoms with Gasteiger partial charge in [-0.25, -0.2) is 8.78 Å². The molecule has 0 heterocycles. The van der Waals surface area contributed by atoms with Crippen LogP contribution in [0, 0.1) is 11.6 Å². The predicted octanol–water partition coefficient (Wildman–Crippen LogP) is 4.51. The van der Waals surface area contributed by atoms with Crippen molar-refractivity contribution in [2.24, 2.45) is 0 Å². The lowest BCUT2D eigenvalue weighted by atomic mass is 9.98. The molecule has 20 heavy (non-hydrogen) atoms. The Labute approximate surface area is 122 Å². The van der Waals surface area contributed by atoms with E-state index in [1.54, 1.807) is 0 Å². The molecule has 0 bridgehead atoms. The van der Waals surface area contributed by atoms with E-state index in [4.69, 9.17) is 11.6 Å². The van der Waals surface area contributed by atoms with Crippen molar-refractivity contribution in [3.8, 4) is 0 Å². The Balaban J connectivity index is 2.28. The first kappa shape index (κ1) is 14.9. The molecule has 1 unspecified atom stereocenters. The molecule has 0 fully saturated rings. The highest BCUT2D eigenvalue weighted by molar-refractivity contribution is 6.31. The number of hydrogen-bond donors (Lipinski definition) is 1. The van der Waals surface area contributed by atoms with Crippen LogP contribution in [0.15, 0.2) is 42.5 Å². The van der Waals surface area contributed by atoms with E-state index in [1.165, 1.54) is 12.1 Å². The summed E-state index contributed by atoms with van der Waals surface area (Å²) >= 11 is 6.20. The van der Waals surface area contributed by atoms with Gasteiger partial charge in [-0.15, -0.1) is 0 Å². The summed E-state index contributed by atoms with van der Waals surface area (Å²) in [7, 11) is 0. The smallest absolute Gasteiger partial charge is 0.126 e. The van der Waals surface area contributed by atoms with Crippen LogP contribution < -0.4 is 5.32 Å². The number of benzene rings is 2. The fourth-order valence-corrected chi connectivity index (χ4v) is 2.53.